The first kappa shape index (κ1) is 20.9. The molecule has 0 bridgehead atoms. The Balaban J connectivity index is 1.87. The fourth-order valence-corrected chi connectivity index (χ4v) is 2.37. The summed E-state index contributed by atoms with van der Waals surface area (Å²) in [6, 6.07) is 1.83. The predicted octanol–water partition coefficient (Wildman–Crippen LogP) is 0.466. The van der Waals surface area contributed by atoms with E-state index in [0.29, 0.717) is 4.90 Å². The maximum atomic E-state index is 13.1. The summed E-state index contributed by atoms with van der Waals surface area (Å²) in [7, 11) is 0. The molecule has 2 rings (SSSR count). The average Bonchev–Trinajstić information content (AvgIpc) is 2.81. The van der Waals surface area contributed by atoms with E-state index in [4.69, 9.17) is 0 Å². The summed E-state index contributed by atoms with van der Waals surface area (Å²) < 4.78 is 25.9. The van der Waals surface area contributed by atoms with Gasteiger partial charge in [0.2, 0.25) is 11.8 Å². The molecule has 11 heteroatoms. The third-order valence-corrected chi connectivity index (χ3v) is 3.63. The van der Waals surface area contributed by atoms with Crippen LogP contribution in [0.1, 0.15) is 13.8 Å². The number of imide groups is 2. The molecule has 1 aliphatic rings. The number of halogens is 2. The normalized spacial score (nSPS) is 14.1. The van der Waals surface area contributed by atoms with Gasteiger partial charge in [-0.3, -0.25) is 24.1 Å². The molecule has 1 aliphatic heterocycles. The maximum absolute atomic E-state index is 13.1. The molecule has 0 spiro atoms. The van der Waals surface area contributed by atoms with E-state index in [1.165, 1.54) is 0 Å². The molecule has 1 aromatic rings. The zero-order valence-electron chi connectivity index (χ0n) is 15.1. The quantitative estimate of drug-likeness (QED) is 0.513. The molecule has 1 saturated heterocycles. The molecular weight excluding hydrogens is 378 g/mol. The second-order valence-electron chi connectivity index (χ2n) is 6.44. The van der Waals surface area contributed by atoms with Crippen LogP contribution in [-0.4, -0.2) is 59.1 Å². The molecule has 28 heavy (non-hydrogen) atoms. The Labute approximate surface area is 158 Å². The monoisotopic (exact) mass is 396 g/mol. The molecule has 2 N–H and O–H groups in total. The molecule has 0 radical (unpaired) electrons. The Morgan fingerprint density at radius 2 is 1.64 bits per heavy atom. The summed E-state index contributed by atoms with van der Waals surface area (Å²) in [5, 5.41) is 4.41. The lowest BCUT2D eigenvalue weighted by atomic mass is 10.2. The topological polar surface area (TPSA) is 116 Å². The van der Waals surface area contributed by atoms with Crippen LogP contribution in [0.3, 0.4) is 0 Å². The molecular formula is C17H18F2N4O5. The second kappa shape index (κ2) is 8.55. The van der Waals surface area contributed by atoms with Gasteiger partial charge in [0.15, 0.2) is 11.6 Å². The fourth-order valence-electron chi connectivity index (χ4n) is 2.37. The Morgan fingerprint density at radius 3 is 2.25 bits per heavy atom. The molecule has 0 aromatic heterocycles. The Bertz CT molecular complexity index is 843. The van der Waals surface area contributed by atoms with Gasteiger partial charge in [0, 0.05) is 18.3 Å². The Kier molecular flexibility index (Phi) is 6.39. The maximum Gasteiger partial charge on any atom is 0.334 e. The number of rotatable bonds is 7. The van der Waals surface area contributed by atoms with Crippen molar-refractivity contribution in [3.63, 3.8) is 0 Å². The van der Waals surface area contributed by atoms with Gasteiger partial charge in [0.05, 0.1) is 6.54 Å². The molecule has 0 saturated carbocycles. The number of anilines is 1. The number of amides is 6. The van der Waals surface area contributed by atoms with Gasteiger partial charge in [-0.25, -0.2) is 18.5 Å². The molecule has 1 aromatic carbocycles. The van der Waals surface area contributed by atoms with Crippen LogP contribution in [-0.2, 0) is 19.2 Å². The van der Waals surface area contributed by atoms with Crippen LogP contribution in [0.5, 0.6) is 0 Å². The first-order chi connectivity index (χ1) is 13.1. The third kappa shape index (κ3) is 4.87. The van der Waals surface area contributed by atoms with Crippen LogP contribution in [0.4, 0.5) is 19.3 Å². The van der Waals surface area contributed by atoms with Crippen molar-refractivity contribution in [1.29, 1.82) is 0 Å². The van der Waals surface area contributed by atoms with Crippen molar-refractivity contribution < 1.29 is 32.8 Å². The van der Waals surface area contributed by atoms with Crippen molar-refractivity contribution in [3.05, 3.63) is 29.8 Å². The summed E-state index contributed by atoms with van der Waals surface area (Å²) >= 11 is 0. The summed E-state index contributed by atoms with van der Waals surface area (Å²) in [6.45, 7) is 2.28. The summed E-state index contributed by atoms with van der Waals surface area (Å²) in [5.41, 5.74) is -0.0158. The first-order valence-electron chi connectivity index (χ1n) is 8.29. The highest BCUT2D eigenvalue weighted by molar-refractivity contribution is 6.45. The van der Waals surface area contributed by atoms with Crippen LogP contribution < -0.4 is 10.6 Å². The van der Waals surface area contributed by atoms with Crippen LogP contribution in [0.15, 0.2) is 18.2 Å². The number of nitrogens with zero attached hydrogens (tertiary/aromatic N) is 2. The molecule has 9 nitrogen and oxygen atoms in total. The Hall–Kier alpha value is -3.37. The van der Waals surface area contributed by atoms with Crippen molar-refractivity contribution in [2.24, 2.45) is 5.92 Å². The first-order valence-corrected chi connectivity index (χ1v) is 8.29. The van der Waals surface area contributed by atoms with E-state index in [2.05, 4.69) is 10.6 Å². The lowest BCUT2D eigenvalue weighted by molar-refractivity contribution is -0.144. The molecule has 0 aliphatic carbocycles. The number of hydrogen-bond donors (Lipinski definition) is 2. The van der Waals surface area contributed by atoms with Gasteiger partial charge < -0.3 is 10.6 Å². The van der Waals surface area contributed by atoms with E-state index >= 15 is 0 Å². The van der Waals surface area contributed by atoms with E-state index in [0.717, 1.165) is 23.1 Å². The lowest BCUT2D eigenvalue weighted by Gasteiger charge is -2.16. The van der Waals surface area contributed by atoms with E-state index in [9.17, 15) is 32.8 Å². The van der Waals surface area contributed by atoms with Gasteiger partial charge in [-0.2, -0.15) is 0 Å². The zero-order chi connectivity index (χ0) is 21.0. The van der Waals surface area contributed by atoms with Gasteiger partial charge in [-0.1, -0.05) is 13.8 Å². The van der Waals surface area contributed by atoms with Gasteiger partial charge in [-0.15, -0.1) is 0 Å². The highest BCUT2D eigenvalue weighted by atomic mass is 19.2. The van der Waals surface area contributed by atoms with Gasteiger partial charge in [0.1, 0.15) is 6.54 Å². The molecule has 1 fully saturated rings. The van der Waals surface area contributed by atoms with Crippen molar-refractivity contribution in [1.82, 2.24) is 15.1 Å². The van der Waals surface area contributed by atoms with E-state index in [-0.39, 0.29) is 18.2 Å². The minimum atomic E-state index is -1.15. The predicted molar refractivity (Wildman–Crippen MR) is 91.7 cm³/mol. The van der Waals surface area contributed by atoms with Crippen molar-refractivity contribution in [2.75, 3.05) is 25.0 Å². The molecule has 1 heterocycles. The zero-order valence-corrected chi connectivity index (χ0v) is 15.1. The summed E-state index contributed by atoms with van der Waals surface area (Å²) in [5.74, 6) is -6.00. The third-order valence-electron chi connectivity index (χ3n) is 3.63. The highest BCUT2D eigenvalue weighted by Gasteiger charge is 2.45. The van der Waals surface area contributed by atoms with Crippen molar-refractivity contribution in [2.45, 2.75) is 13.8 Å². The number of carbonyl (C=O) groups excluding carboxylic acids is 5. The summed E-state index contributed by atoms with van der Waals surface area (Å²) in [6.07, 6.45) is 0. The Morgan fingerprint density at radius 1 is 1.00 bits per heavy atom. The van der Waals surface area contributed by atoms with Gasteiger partial charge in [0.25, 0.3) is 0 Å². The minimum absolute atomic E-state index is 0.0158. The second-order valence-corrected chi connectivity index (χ2v) is 6.44. The van der Waals surface area contributed by atoms with Crippen LogP contribution >= 0.6 is 0 Å². The molecule has 6 amide bonds. The van der Waals surface area contributed by atoms with E-state index in [1.54, 1.807) is 13.8 Å². The molecule has 150 valence electrons. The number of carbonyl (C=O) groups is 5. The summed E-state index contributed by atoms with van der Waals surface area (Å²) in [4.78, 5) is 60.7. The van der Waals surface area contributed by atoms with Crippen molar-refractivity contribution >= 4 is 35.3 Å². The van der Waals surface area contributed by atoms with Gasteiger partial charge >= 0.3 is 17.8 Å². The number of hydrogen-bond acceptors (Lipinski definition) is 5. The number of nitrogens with one attached hydrogen (secondary N) is 2. The number of benzene rings is 1. The van der Waals surface area contributed by atoms with Crippen LogP contribution in [0.2, 0.25) is 0 Å². The molecule has 0 unspecified atom stereocenters. The highest BCUT2D eigenvalue weighted by Crippen LogP contribution is 2.14. The van der Waals surface area contributed by atoms with E-state index in [1.807, 2.05) is 0 Å². The molecule has 0 atom stereocenters. The van der Waals surface area contributed by atoms with Gasteiger partial charge in [-0.05, 0) is 18.1 Å². The van der Waals surface area contributed by atoms with Crippen LogP contribution in [0.25, 0.3) is 0 Å². The SMILES string of the molecule is CC(C)CN1C(=O)C(=O)N(CC(=O)NCC(=O)Nc2ccc(F)c(F)c2)C1=O. The van der Waals surface area contributed by atoms with Crippen molar-refractivity contribution in [3.8, 4) is 0 Å². The minimum Gasteiger partial charge on any atom is -0.345 e. The fraction of sp³-hybridized carbons (Fsp3) is 0.353. The average molecular weight is 396 g/mol. The lowest BCUT2D eigenvalue weighted by Crippen LogP contribution is -2.43. The smallest absolute Gasteiger partial charge is 0.334 e. The standard InChI is InChI=1S/C17H18F2N4O5/c1-9(2)7-22-15(26)16(27)23(17(22)28)8-14(25)20-6-13(24)21-10-3-4-11(18)12(19)5-10/h3-5,9H,6-8H2,1-2H3,(H,20,25)(H,21,24). The van der Waals surface area contributed by atoms with Crippen LogP contribution in [0, 0.1) is 17.6 Å². The largest absolute Gasteiger partial charge is 0.345 e. The number of urea groups is 1. The van der Waals surface area contributed by atoms with E-state index < -0.39 is 54.4 Å².